The van der Waals surface area contributed by atoms with Crippen LogP contribution in [0.15, 0.2) is 4.52 Å². The maximum atomic E-state index is 12.0. The lowest BCUT2D eigenvalue weighted by Crippen LogP contribution is -2.36. The molecule has 0 bridgehead atoms. The summed E-state index contributed by atoms with van der Waals surface area (Å²) < 4.78 is 5.13. The van der Waals surface area contributed by atoms with Crippen molar-refractivity contribution in [2.24, 2.45) is 0 Å². The maximum Gasteiger partial charge on any atom is 0.318 e. The number of carbonyl (C=O) groups excluding carboxylic acids is 1. The molecule has 2 aliphatic rings. The fourth-order valence-electron chi connectivity index (χ4n) is 2.23. The van der Waals surface area contributed by atoms with Gasteiger partial charge in [0, 0.05) is 6.54 Å². The lowest BCUT2D eigenvalue weighted by Gasteiger charge is -2.24. The number of rotatable bonds is 2. The Labute approximate surface area is 104 Å². The van der Waals surface area contributed by atoms with E-state index in [-0.39, 0.29) is 17.8 Å². The number of amides is 1. The van der Waals surface area contributed by atoms with Gasteiger partial charge in [-0.25, -0.2) is 5.06 Å². The molecule has 7 heteroatoms. The van der Waals surface area contributed by atoms with E-state index >= 15 is 0 Å². The van der Waals surface area contributed by atoms with Crippen molar-refractivity contribution in [1.29, 1.82) is 0 Å². The smallest absolute Gasteiger partial charge is 0.318 e. The minimum atomic E-state index is -0.317. The summed E-state index contributed by atoms with van der Waals surface area (Å²) >= 11 is 0. The van der Waals surface area contributed by atoms with E-state index in [4.69, 9.17) is 9.36 Å². The summed E-state index contributed by atoms with van der Waals surface area (Å²) in [5.74, 6) is 0.260. The van der Waals surface area contributed by atoms with Crippen molar-refractivity contribution in [3.8, 4) is 0 Å². The quantitative estimate of drug-likeness (QED) is 0.833. The Morgan fingerprint density at radius 3 is 3.06 bits per heavy atom. The van der Waals surface area contributed by atoms with Crippen molar-refractivity contribution in [2.75, 3.05) is 19.7 Å². The van der Waals surface area contributed by atoms with Crippen molar-refractivity contribution < 1.29 is 14.2 Å². The zero-order valence-corrected chi connectivity index (χ0v) is 10.1. The summed E-state index contributed by atoms with van der Waals surface area (Å²) in [6.07, 6.45) is 3.98. The predicted octanol–water partition coefficient (Wildman–Crippen LogP) is 0.662. The molecule has 1 amide bonds. The molecule has 1 aromatic heterocycles. The highest BCUT2D eigenvalue weighted by Gasteiger charge is 2.27. The van der Waals surface area contributed by atoms with Gasteiger partial charge >= 0.3 is 5.91 Å². The van der Waals surface area contributed by atoms with E-state index in [0.717, 1.165) is 32.2 Å². The Bertz CT molecular complexity index is 422. The van der Waals surface area contributed by atoms with Gasteiger partial charge < -0.3 is 9.84 Å². The largest absolute Gasteiger partial charge is 0.337 e. The van der Waals surface area contributed by atoms with Crippen molar-refractivity contribution in [3.05, 3.63) is 11.7 Å². The number of carbonyl (C=O) groups is 1. The number of hydrogen-bond donors (Lipinski definition) is 1. The molecule has 0 spiro atoms. The molecule has 3 rings (SSSR count). The van der Waals surface area contributed by atoms with E-state index in [2.05, 4.69) is 15.5 Å². The first-order valence-electron chi connectivity index (χ1n) is 6.36. The lowest BCUT2D eigenvalue weighted by atomic mass is 10.2. The Kier molecular flexibility index (Phi) is 3.24. The van der Waals surface area contributed by atoms with E-state index in [0.29, 0.717) is 19.0 Å². The summed E-state index contributed by atoms with van der Waals surface area (Å²) in [5, 5.41) is 8.31. The van der Waals surface area contributed by atoms with E-state index in [1.807, 2.05) is 0 Å². The fourth-order valence-corrected chi connectivity index (χ4v) is 2.23. The molecule has 0 radical (unpaired) electrons. The van der Waals surface area contributed by atoms with E-state index in [1.54, 1.807) is 0 Å². The van der Waals surface area contributed by atoms with Crippen molar-refractivity contribution in [1.82, 2.24) is 20.5 Å². The molecular weight excluding hydrogens is 236 g/mol. The second-order valence-electron chi connectivity index (χ2n) is 4.55. The van der Waals surface area contributed by atoms with Crippen LogP contribution in [0.25, 0.3) is 0 Å². The molecule has 1 atom stereocenters. The molecule has 2 saturated heterocycles. The van der Waals surface area contributed by atoms with Gasteiger partial charge in [0.15, 0.2) is 0 Å². The topological polar surface area (TPSA) is 80.5 Å². The Morgan fingerprint density at radius 2 is 2.33 bits per heavy atom. The van der Waals surface area contributed by atoms with Crippen LogP contribution in [0.5, 0.6) is 0 Å². The molecule has 98 valence electrons. The number of hydroxylamine groups is 2. The molecule has 18 heavy (non-hydrogen) atoms. The van der Waals surface area contributed by atoms with Crippen LogP contribution < -0.4 is 5.32 Å². The van der Waals surface area contributed by atoms with Crippen molar-refractivity contribution in [2.45, 2.75) is 31.7 Å². The highest BCUT2D eigenvalue weighted by Crippen LogP contribution is 2.21. The first-order chi connectivity index (χ1) is 8.84. The molecule has 2 aliphatic heterocycles. The molecular formula is C11H16N4O3. The molecule has 1 unspecified atom stereocenters. The zero-order chi connectivity index (χ0) is 12.4. The SMILES string of the molecule is O=C(c1noc(C2CCCN2)n1)N1CCCCO1. The molecule has 1 aromatic rings. The van der Waals surface area contributed by atoms with Gasteiger partial charge in [0.2, 0.25) is 5.89 Å². The van der Waals surface area contributed by atoms with E-state index in [1.165, 1.54) is 5.06 Å². The van der Waals surface area contributed by atoms with Crippen LogP contribution in [-0.4, -0.2) is 40.8 Å². The number of nitrogens with zero attached hydrogens (tertiary/aromatic N) is 3. The molecule has 2 fully saturated rings. The third kappa shape index (κ3) is 2.23. The Morgan fingerprint density at radius 1 is 1.39 bits per heavy atom. The fraction of sp³-hybridized carbons (Fsp3) is 0.727. The summed E-state index contributed by atoms with van der Waals surface area (Å²) in [6.45, 7) is 2.11. The predicted molar refractivity (Wildman–Crippen MR) is 60.5 cm³/mol. The van der Waals surface area contributed by atoms with Crippen LogP contribution in [0.3, 0.4) is 0 Å². The summed E-state index contributed by atoms with van der Waals surface area (Å²) in [5.41, 5.74) is 0. The highest BCUT2D eigenvalue weighted by atomic mass is 16.7. The lowest BCUT2D eigenvalue weighted by molar-refractivity contribution is -0.144. The standard InChI is InChI=1S/C11H16N4O3/c16-11(15-6-1-2-7-17-15)9-13-10(18-14-9)8-4-3-5-12-8/h8,12H,1-7H2. The van der Waals surface area contributed by atoms with Crippen LogP contribution in [0.2, 0.25) is 0 Å². The van der Waals surface area contributed by atoms with Crippen LogP contribution in [-0.2, 0) is 4.84 Å². The monoisotopic (exact) mass is 252 g/mol. The highest BCUT2D eigenvalue weighted by molar-refractivity contribution is 5.89. The molecule has 0 aliphatic carbocycles. The van der Waals surface area contributed by atoms with Crippen LogP contribution in [0.1, 0.15) is 48.2 Å². The normalized spacial score (nSPS) is 24.4. The second-order valence-corrected chi connectivity index (χ2v) is 4.55. The van der Waals surface area contributed by atoms with Gasteiger partial charge in [-0.3, -0.25) is 9.63 Å². The van der Waals surface area contributed by atoms with Gasteiger partial charge in [-0.05, 0) is 32.2 Å². The first-order valence-corrected chi connectivity index (χ1v) is 6.36. The first kappa shape index (κ1) is 11.6. The van der Waals surface area contributed by atoms with Crippen LogP contribution >= 0.6 is 0 Å². The Balaban J connectivity index is 1.69. The second kappa shape index (κ2) is 5.03. The van der Waals surface area contributed by atoms with Gasteiger partial charge in [0.1, 0.15) is 0 Å². The van der Waals surface area contributed by atoms with E-state index in [9.17, 15) is 4.79 Å². The van der Waals surface area contributed by atoms with Gasteiger partial charge in [0.25, 0.3) is 5.82 Å². The maximum absolute atomic E-state index is 12.0. The zero-order valence-electron chi connectivity index (χ0n) is 10.1. The average molecular weight is 252 g/mol. The minimum absolute atomic E-state index is 0.0839. The summed E-state index contributed by atoms with van der Waals surface area (Å²) in [7, 11) is 0. The third-order valence-electron chi connectivity index (χ3n) is 3.22. The van der Waals surface area contributed by atoms with Gasteiger partial charge in [-0.2, -0.15) is 4.98 Å². The molecule has 0 saturated carbocycles. The third-order valence-corrected chi connectivity index (χ3v) is 3.22. The number of nitrogens with one attached hydrogen (secondary N) is 1. The summed E-state index contributed by atoms with van der Waals surface area (Å²) in [6, 6.07) is 0.0846. The van der Waals surface area contributed by atoms with Crippen LogP contribution in [0.4, 0.5) is 0 Å². The average Bonchev–Trinajstić information content (AvgIpc) is 3.09. The number of hydrogen-bond acceptors (Lipinski definition) is 6. The minimum Gasteiger partial charge on any atom is -0.337 e. The Hall–Kier alpha value is -1.47. The van der Waals surface area contributed by atoms with Gasteiger partial charge in [-0.1, -0.05) is 5.16 Å². The van der Waals surface area contributed by atoms with E-state index < -0.39 is 0 Å². The van der Waals surface area contributed by atoms with Crippen LogP contribution in [0, 0.1) is 0 Å². The molecule has 1 N–H and O–H groups in total. The molecule has 0 aromatic carbocycles. The van der Waals surface area contributed by atoms with Crippen molar-refractivity contribution in [3.63, 3.8) is 0 Å². The molecule has 7 nitrogen and oxygen atoms in total. The number of aromatic nitrogens is 2. The summed E-state index contributed by atoms with van der Waals surface area (Å²) in [4.78, 5) is 21.5. The van der Waals surface area contributed by atoms with Crippen molar-refractivity contribution >= 4 is 5.91 Å². The van der Waals surface area contributed by atoms with Gasteiger partial charge in [-0.15, -0.1) is 0 Å². The molecule has 3 heterocycles. The van der Waals surface area contributed by atoms with Gasteiger partial charge in [0.05, 0.1) is 12.6 Å².